The van der Waals surface area contributed by atoms with E-state index in [-0.39, 0.29) is 17.4 Å². The maximum atomic E-state index is 11.7. The van der Waals surface area contributed by atoms with Crippen molar-refractivity contribution in [3.8, 4) is 0 Å². The average Bonchev–Trinajstić information content (AvgIpc) is 2.29. The molecule has 4 heteroatoms. The lowest BCUT2D eigenvalue weighted by Gasteiger charge is -2.20. The molecule has 0 N–H and O–H groups in total. The van der Waals surface area contributed by atoms with Gasteiger partial charge in [0.15, 0.2) is 0 Å². The minimum atomic E-state index is -0.406. The lowest BCUT2D eigenvalue weighted by molar-refractivity contribution is -0.385. The van der Waals surface area contributed by atoms with E-state index in [9.17, 15) is 14.9 Å². The lowest BCUT2D eigenvalue weighted by atomic mass is 9.82. The van der Waals surface area contributed by atoms with Crippen LogP contribution in [0.5, 0.6) is 0 Å². The van der Waals surface area contributed by atoms with E-state index >= 15 is 0 Å². The quantitative estimate of drug-likeness (QED) is 0.567. The standard InChI is InChI=1S/C12H13NO3/c14-12-8-4-2-6-10(12)9-5-1-3-7-11(9)13(15)16/h1,3,5,7,10H,2,4,6,8H2. The van der Waals surface area contributed by atoms with Crippen molar-refractivity contribution in [2.45, 2.75) is 31.6 Å². The summed E-state index contributed by atoms with van der Waals surface area (Å²) in [5.74, 6) is -0.129. The second-order valence-corrected chi connectivity index (χ2v) is 4.08. The summed E-state index contributed by atoms with van der Waals surface area (Å²) in [6.45, 7) is 0. The molecule has 0 amide bonds. The van der Waals surface area contributed by atoms with Gasteiger partial charge < -0.3 is 0 Å². The number of nitrogens with zero attached hydrogens (tertiary/aromatic N) is 1. The maximum absolute atomic E-state index is 11.7. The Kier molecular flexibility index (Phi) is 2.99. The van der Waals surface area contributed by atoms with Gasteiger partial charge in [-0.25, -0.2) is 0 Å². The molecule has 0 saturated heterocycles. The highest BCUT2D eigenvalue weighted by Crippen LogP contribution is 2.34. The van der Waals surface area contributed by atoms with Gasteiger partial charge >= 0.3 is 0 Å². The molecule has 0 aliphatic heterocycles. The summed E-state index contributed by atoms with van der Waals surface area (Å²) in [4.78, 5) is 22.2. The minimum Gasteiger partial charge on any atom is -0.299 e. The molecule has 0 spiro atoms. The Balaban J connectivity index is 2.38. The number of rotatable bonds is 2. The number of hydrogen-bond acceptors (Lipinski definition) is 3. The molecular weight excluding hydrogens is 206 g/mol. The van der Waals surface area contributed by atoms with Gasteiger partial charge in [-0.1, -0.05) is 24.6 Å². The van der Waals surface area contributed by atoms with E-state index < -0.39 is 4.92 Å². The van der Waals surface area contributed by atoms with Crippen LogP contribution < -0.4 is 0 Å². The van der Waals surface area contributed by atoms with E-state index in [2.05, 4.69) is 0 Å². The molecule has 1 atom stereocenters. The number of para-hydroxylation sites is 1. The normalized spacial score (nSPS) is 20.8. The fourth-order valence-electron chi connectivity index (χ4n) is 2.26. The second-order valence-electron chi connectivity index (χ2n) is 4.08. The third-order valence-corrected chi connectivity index (χ3v) is 3.06. The van der Waals surface area contributed by atoms with Crippen molar-refractivity contribution in [3.63, 3.8) is 0 Å². The summed E-state index contributed by atoms with van der Waals surface area (Å²) < 4.78 is 0. The Bertz CT molecular complexity index is 428. The Morgan fingerprint density at radius 2 is 2.00 bits per heavy atom. The number of benzene rings is 1. The van der Waals surface area contributed by atoms with Gasteiger partial charge in [0.05, 0.1) is 4.92 Å². The molecule has 16 heavy (non-hydrogen) atoms. The van der Waals surface area contributed by atoms with Crippen molar-refractivity contribution in [2.75, 3.05) is 0 Å². The van der Waals surface area contributed by atoms with Crippen molar-refractivity contribution in [2.24, 2.45) is 0 Å². The zero-order valence-electron chi connectivity index (χ0n) is 8.89. The van der Waals surface area contributed by atoms with Crippen molar-refractivity contribution in [3.05, 3.63) is 39.9 Å². The van der Waals surface area contributed by atoms with Gasteiger partial charge in [-0.15, -0.1) is 0 Å². The molecule has 0 heterocycles. The predicted molar refractivity (Wildman–Crippen MR) is 59.3 cm³/mol. The average molecular weight is 219 g/mol. The van der Waals surface area contributed by atoms with Crippen LogP contribution in [-0.2, 0) is 4.79 Å². The van der Waals surface area contributed by atoms with Crippen molar-refractivity contribution >= 4 is 11.5 Å². The van der Waals surface area contributed by atoms with Crippen LogP contribution in [0, 0.1) is 10.1 Å². The first kappa shape index (κ1) is 10.8. The Labute approximate surface area is 93.4 Å². The number of hydrogen-bond donors (Lipinski definition) is 0. The molecule has 0 radical (unpaired) electrons. The Morgan fingerprint density at radius 1 is 1.25 bits per heavy atom. The highest BCUT2D eigenvalue weighted by Gasteiger charge is 2.29. The molecule has 1 aromatic rings. The van der Waals surface area contributed by atoms with Crippen molar-refractivity contribution in [1.29, 1.82) is 0 Å². The topological polar surface area (TPSA) is 60.2 Å². The van der Waals surface area contributed by atoms with Crippen LogP contribution in [0.3, 0.4) is 0 Å². The molecular formula is C12H13NO3. The Morgan fingerprint density at radius 3 is 2.69 bits per heavy atom. The van der Waals surface area contributed by atoms with E-state index in [1.807, 2.05) is 0 Å². The van der Waals surface area contributed by atoms with Gasteiger partial charge in [0.25, 0.3) is 5.69 Å². The molecule has 1 aromatic carbocycles. The van der Waals surface area contributed by atoms with Crippen LogP contribution in [0.4, 0.5) is 5.69 Å². The molecule has 84 valence electrons. The van der Waals surface area contributed by atoms with E-state index in [0.717, 1.165) is 19.3 Å². The number of nitro benzene ring substituents is 1. The summed E-state index contributed by atoms with van der Waals surface area (Å²) in [6.07, 6.45) is 3.18. The predicted octanol–water partition coefficient (Wildman–Crippen LogP) is 2.82. The number of ketones is 1. The first-order chi connectivity index (χ1) is 7.70. The van der Waals surface area contributed by atoms with E-state index in [1.54, 1.807) is 18.2 Å². The largest absolute Gasteiger partial charge is 0.299 e. The third-order valence-electron chi connectivity index (χ3n) is 3.06. The fraction of sp³-hybridized carbons (Fsp3) is 0.417. The van der Waals surface area contributed by atoms with Crippen LogP contribution >= 0.6 is 0 Å². The van der Waals surface area contributed by atoms with Gasteiger partial charge in [0.1, 0.15) is 5.78 Å². The molecule has 1 unspecified atom stereocenters. The van der Waals surface area contributed by atoms with Crippen molar-refractivity contribution in [1.82, 2.24) is 0 Å². The van der Waals surface area contributed by atoms with E-state index in [1.165, 1.54) is 6.07 Å². The third kappa shape index (κ3) is 1.96. The first-order valence-electron chi connectivity index (χ1n) is 5.46. The molecule has 2 rings (SSSR count). The molecule has 0 aromatic heterocycles. The highest BCUT2D eigenvalue weighted by atomic mass is 16.6. The monoisotopic (exact) mass is 219 g/mol. The van der Waals surface area contributed by atoms with Crippen LogP contribution in [0.1, 0.15) is 37.2 Å². The minimum absolute atomic E-state index is 0.0720. The smallest absolute Gasteiger partial charge is 0.273 e. The first-order valence-corrected chi connectivity index (χ1v) is 5.46. The fourth-order valence-corrected chi connectivity index (χ4v) is 2.26. The number of carbonyl (C=O) groups is 1. The van der Waals surface area contributed by atoms with Crippen LogP contribution in [-0.4, -0.2) is 10.7 Å². The zero-order valence-corrected chi connectivity index (χ0v) is 8.89. The lowest BCUT2D eigenvalue weighted by Crippen LogP contribution is -2.18. The molecule has 1 fully saturated rings. The summed E-state index contributed by atoms with van der Waals surface area (Å²) in [5.41, 5.74) is 0.653. The highest BCUT2D eigenvalue weighted by molar-refractivity contribution is 5.87. The molecule has 4 nitrogen and oxygen atoms in total. The Hall–Kier alpha value is -1.71. The zero-order chi connectivity index (χ0) is 11.5. The van der Waals surface area contributed by atoms with E-state index in [0.29, 0.717) is 12.0 Å². The summed E-state index contributed by atoms with van der Waals surface area (Å²) >= 11 is 0. The van der Waals surface area contributed by atoms with Crippen LogP contribution in [0.25, 0.3) is 0 Å². The second kappa shape index (κ2) is 4.43. The number of Topliss-reactive ketones (excluding diaryl/α,β-unsaturated/α-hetero) is 1. The summed E-state index contributed by atoms with van der Waals surface area (Å²) in [6, 6.07) is 6.56. The number of carbonyl (C=O) groups excluding carboxylic acids is 1. The van der Waals surface area contributed by atoms with Gasteiger partial charge in [0, 0.05) is 24.0 Å². The van der Waals surface area contributed by atoms with E-state index in [4.69, 9.17) is 0 Å². The summed E-state index contributed by atoms with van der Waals surface area (Å²) in [5, 5.41) is 10.9. The van der Waals surface area contributed by atoms with Gasteiger partial charge in [-0.2, -0.15) is 0 Å². The van der Waals surface area contributed by atoms with Crippen molar-refractivity contribution < 1.29 is 9.72 Å². The molecule has 1 aliphatic rings. The molecule has 0 bridgehead atoms. The van der Waals surface area contributed by atoms with Crippen LogP contribution in [0.15, 0.2) is 24.3 Å². The molecule has 1 saturated carbocycles. The number of nitro groups is 1. The SMILES string of the molecule is O=C1CCCCC1c1ccccc1[N+](=O)[O-]. The van der Waals surface area contributed by atoms with Crippen LogP contribution in [0.2, 0.25) is 0 Å². The molecule has 1 aliphatic carbocycles. The van der Waals surface area contributed by atoms with Gasteiger partial charge in [0.2, 0.25) is 0 Å². The van der Waals surface area contributed by atoms with Gasteiger partial charge in [-0.05, 0) is 12.8 Å². The summed E-state index contributed by atoms with van der Waals surface area (Å²) in [7, 11) is 0. The van der Waals surface area contributed by atoms with Gasteiger partial charge in [-0.3, -0.25) is 14.9 Å². The maximum Gasteiger partial charge on any atom is 0.273 e.